The Kier molecular flexibility index (Phi) is 4.18. The minimum atomic E-state index is -3.53. The van der Waals surface area contributed by atoms with Crippen molar-refractivity contribution >= 4 is 26.7 Å². The van der Waals surface area contributed by atoms with Crippen LogP contribution in [0.5, 0.6) is 0 Å². The molecule has 0 fully saturated rings. The molecule has 3 N–H and O–H groups in total. The van der Waals surface area contributed by atoms with Crippen LogP contribution >= 0.6 is 0 Å². The molecule has 2 heterocycles. The molecule has 2 aromatic heterocycles. The van der Waals surface area contributed by atoms with E-state index in [0.29, 0.717) is 11.6 Å². The maximum Gasteiger partial charge on any atom is 0.210 e. The second-order valence-electron chi connectivity index (χ2n) is 4.95. The van der Waals surface area contributed by atoms with Crippen molar-refractivity contribution in [3.63, 3.8) is 0 Å². The highest BCUT2D eigenvalue weighted by atomic mass is 32.2. The van der Waals surface area contributed by atoms with Crippen LogP contribution < -0.4 is 10.5 Å². The Labute approximate surface area is 133 Å². The summed E-state index contributed by atoms with van der Waals surface area (Å²) in [6.07, 6.45) is 3.36. The van der Waals surface area contributed by atoms with Crippen LogP contribution in [-0.4, -0.2) is 35.7 Å². The van der Waals surface area contributed by atoms with Gasteiger partial charge in [-0.05, 0) is 24.3 Å². The SMILES string of the molecule is NS(=O)(=O)CCNc1nc(-c2cccnc2)nc2ccccc12. The smallest absolute Gasteiger partial charge is 0.210 e. The molecule has 0 unspecified atom stereocenters. The number of nitrogens with two attached hydrogens (primary N) is 1. The Balaban J connectivity index is 2.01. The van der Waals surface area contributed by atoms with E-state index in [1.807, 2.05) is 36.4 Å². The van der Waals surface area contributed by atoms with Gasteiger partial charge >= 0.3 is 0 Å². The first kappa shape index (κ1) is 15.3. The molecule has 0 amide bonds. The molecular formula is C15H15N5O2S. The molecule has 0 radical (unpaired) electrons. The van der Waals surface area contributed by atoms with Crippen LogP contribution in [0.2, 0.25) is 0 Å². The first-order chi connectivity index (χ1) is 11.0. The largest absolute Gasteiger partial charge is 0.368 e. The fourth-order valence-corrected chi connectivity index (χ4v) is 2.53. The molecule has 3 rings (SSSR count). The zero-order chi connectivity index (χ0) is 16.3. The summed E-state index contributed by atoms with van der Waals surface area (Å²) in [4.78, 5) is 13.1. The lowest BCUT2D eigenvalue weighted by Gasteiger charge is -2.10. The van der Waals surface area contributed by atoms with E-state index in [2.05, 4.69) is 20.3 Å². The second kappa shape index (κ2) is 6.27. The van der Waals surface area contributed by atoms with Gasteiger partial charge in [0.25, 0.3) is 0 Å². The molecular weight excluding hydrogens is 314 g/mol. The van der Waals surface area contributed by atoms with Crippen molar-refractivity contribution in [1.82, 2.24) is 15.0 Å². The average Bonchev–Trinajstić information content (AvgIpc) is 2.54. The van der Waals surface area contributed by atoms with Gasteiger partial charge in [0.15, 0.2) is 5.82 Å². The lowest BCUT2D eigenvalue weighted by Crippen LogP contribution is -2.22. The Hall–Kier alpha value is -2.58. The topological polar surface area (TPSA) is 111 Å². The number of benzene rings is 1. The number of para-hydroxylation sites is 1. The number of fused-ring (bicyclic) bond motifs is 1. The van der Waals surface area contributed by atoms with E-state index in [1.165, 1.54) is 0 Å². The maximum absolute atomic E-state index is 11.1. The van der Waals surface area contributed by atoms with Gasteiger partial charge in [0, 0.05) is 29.9 Å². The normalized spacial score (nSPS) is 11.5. The third-order valence-corrected chi connectivity index (χ3v) is 3.98. The molecule has 23 heavy (non-hydrogen) atoms. The summed E-state index contributed by atoms with van der Waals surface area (Å²) in [7, 11) is -3.53. The number of hydrogen-bond donors (Lipinski definition) is 2. The zero-order valence-electron chi connectivity index (χ0n) is 12.2. The van der Waals surface area contributed by atoms with Crippen molar-refractivity contribution in [2.24, 2.45) is 5.14 Å². The van der Waals surface area contributed by atoms with Gasteiger partial charge in [-0.2, -0.15) is 0 Å². The van der Waals surface area contributed by atoms with Crippen molar-refractivity contribution in [2.75, 3.05) is 17.6 Å². The Morgan fingerprint density at radius 3 is 2.65 bits per heavy atom. The van der Waals surface area contributed by atoms with Crippen molar-refractivity contribution in [2.45, 2.75) is 0 Å². The van der Waals surface area contributed by atoms with Crippen LogP contribution in [0.15, 0.2) is 48.8 Å². The predicted octanol–water partition coefficient (Wildman–Crippen LogP) is 1.39. The van der Waals surface area contributed by atoms with Gasteiger partial charge in [-0.15, -0.1) is 0 Å². The van der Waals surface area contributed by atoms with Gasteiger partial charge in [-0.3, -0.25) is 4.98 Å². The molecule has 3 aromatic rings. The lowest BCUT2D eigenvalue weighted by molar-refractivity contribution is 0.598. The van der Waals surface area contributed by atoms with Gasteiger partial charge in [0.05, 0.1) is 11.3 Å². The van der Waals surface area contributed by atoms with Gasteiger partial charge in [0.1, 0.15) is 5.82 Å². The molecule has 7 nitrogen and oxygen atoms in total. The molecule has 0 atom stereocenters. The van der Waals surface area contributed by atoms with Crippen LogP contribution in [0.3, 0.4) is 0 Å². The van der Waals surface area contributed by atoms with E-state index in [0.717, 1.165) is 16.5 Å². The van der Waals surface area contributed by atoms with Gasteiger partial charge < -0.3 is 5.32 Å². The van der Waals surface area contributed by atoms with Crippen LogP contribution in [0, 0.1) is 0 Å². The van der Waals surface area contributed by atoms with Crippen molar-refractivity contribution in [1.29, 1.82) is 0 Å². The highest BCUT2D eigenvalue weighted by molar-refractivity contribution is 7.89. The third-order valence-electron chi connectivity index (χ3n) is 3.20. The minimum absolute atomic E-state index is 0.173. The summed E-state index contributed by atoms with van der Waals surface area (Å²) in [6.45, 7) is 0.173. The van der Waals surface area contributed by atoms with Crippen molar-refractivity contribution < 1.29 is 8.42 Å². The molecule has 8 heteroatoms. The summed E-state index contributed by atoms with van der Waals surface area (Å²) >= 11 is 0. The van der Waals surface area contributed by atoms with Crippen LogP contribution in [0.4, 0.5) is 5.82 Å². The molecule has 0 aliphatic carbocycles. The Morgan fingerprint density at radius 1 is 1.09 bits per heavy atom. The third kappa shape index (κ3) is 3.79. The fraction of sp³-hybridized carbons (Fsp3) is 0.133. The fourth-order valence-electron chi connectivity index (χ4n) is 2.15. The molecule has 0 aliphatic heterocycles. The zero-order valence-corrected chi connectivity index (χ0v) is 13.0. The Morgan fingerprint density at radius 2 is 1.91 bits per heavy atom. The quantitative estimate of drug-likeness (QED) is 0.732. The summed E-state index contributed by atoms with van der Waals surface area (Å²) in [5, 5.41) is 8.86. The number of primary sulfonamides is 1. The van der Waals surface area contributed by atoms with Gasteiger partial charge in [-0.1, -0.05) is 12.1 Å². The molecule has 0 saturated carbocycles. The first-order valence-corrected chi connectivity index (χ1v) is 8.66. The van der Waals surface area contributed by atoms with Gasteiger partial charge in [-0.25, -0.2) is 23.5 Å². The summed E-state index contributed by atoms with van der Waals surface area (Å²) in [5.41, 5.74) is 1.55. The highest BCUT2D eigenvalue weighted by Gasteiger charge is 2.10. The van der Waals surface area contributed by atoms with Crippen molar-refractivity contribution in [3.05, 3.63) is 48.8 Å². The first-order valence-electron chi connectivity index (χ1n) is 6.94. The number of rotatable bonds is 5. The van der Waals surface area contributed by atoms with Crippen LogP contribution in [-0.2, 0) is 10.0 Å². The Bertz CT molecular complexity index is 929. The molecule has 0 aliphatic rings. The average molecular weight is 329 g/mol. The van der Waals surface area contributed by atoms with Gasteiger partial charge in [0.2, 0.25) is 10.0 Å². The molecule has 0 spiro atoms. The van der Waals surface area contributed by atoms with Crippen molar-refractivity contribution in [3.8, 4) is 11.4 Å². The van der Waals surface area contributed by atoms with E-state index < -0.39 is 10.0 Å². The molecule has 0 bridgehead atoms. The van der Waals surface area contributed by atoms with E-state index >= 15 is 0 Å². The predicted molar refractivity (Wildman–Crippen MR) is 89.2 cm³/mol. The molecule has 118 valence electrons. The number of hydrogen-bond acceptors (Lipinski definition) is 6. The number of nitrogens with one attached hydrogen (secondary N) is 1. The monoisotopic (exact) mass is 329 g/mol. The standard InChI is InChI=1S/C15H15N5O2S/c16-23(21,22)9-8-18-15-12-5-1-2-6-13(12)19-14(20-15)11-4-3-7-17-10-11/h1-7,10H,8-9H2,(H2,16,21,22)(H,18,19,20). The van der Waals surface area contributed by atoms with Crippen LogP contribution in [0.25, 0.3) is 22.3 Å². The number of sulfonamides is 1. The number of pyridine rings is 1. The van der Waals surface area contributed by atoms with E-state index in [1.54, 1.807) is 12.4 Å². The van der Waals surface area contributed by atoms with E-state index in [-0.39, 0.29) is 12.3 Å². The number of anilines is 1. The molecule has 0 saturated heterocycles. The number of aromatic nitrogens is 3. The minimum Gasteiger partial charge on any atom is -0.368 e. The maximum atomic E-state index is 11.1. The number of nitrogens with zero attached hydrogens (tertiary/aromatic N) is 3. The molecule has 1 aromatic carbocycles. The van der Waals surface area contributed by atoms with Crippen LogP contribution in [0.1, 0.15) is 0 Å². The van der Waals surface area contributed by atoms with E-state index in [4.69, 9.17) is 5.14 Å². The summed E-state index contributed by atoms with van der Waals surface area (Å²) in [6, 6.07) is 11.2. The van der Waals surface area contributed by atoms with E-state index in [9.17, 15) is 8.42 Å². The second-order valence-corrected chi connectivity index (χ2v) is 6.68. The summed E-state index contributed by atoms with van der Waals surface area (Å²) < 4.78 is 22.1. The summed E-state index contributed by atoms with van der Waals surface area (Å²) in [5.74, 6) is 0.918. The highest BCUT2D eigenvalue weighted by Crippen LogP contribution is 2.24. The lowest BCUT2D eigenvalue weighted by atomic mass is 10.2.